The summed E-state index contributed by atoms with van der Waals surface area (Å²) in [5, 5.41) is 11.2. The van der Waals surface area contributed by atoms with Gasteiger partial charge in [0.1, 0.15) is 11.6 Å². The van der Waals surface area contributed by atoms with E-state index in [1.165, 1.54) is 25.4 Å². The van der Waals surface area contributed by atoms with Crippen molar-refractivity contribution in [2.45, 2.75) is 30.9 Å². The van der Waals surface area contributed by atoms with E-state index in [9.17, 15) is 23.1 Å². The Hall–Kier alpha value is -3.43. The number of fused-ring (bicyclic) bond motifs is 1. The molecule has 2 heterocycles. The molecule has 1 aliphatic heterocycles. The molecule has 1 unspecified atom stereocenters. The van der Waals surface area contributed by atoms with E-state index in [1.807, 2.05) is 0 Å². The van der Waals surface area contributed by atoms with Gasteiger partial charge in [-0.05, 0) is 41.3 Å². The average Bonchev–Trinajstić information content (AvgIpc) is 3.28. The molecule has 0 fully saturated rings. The Balaban J connectivity index is 1.78. The van der Waals surface area contributed by atoms with Crippen LogP contribution in [0.5, 0.6) is 5.75 Å². The summed E-state index contributed by atoms with van der Waals surface area (Å²) in [7, 11) is 1.37. The van der Waals surface area contributed by atoms with E-state index >= 15 is 0 Å². The predicted octanol–water partition coefficient (Wildman–Crippen LogP) is 4.01. The zero-order valence-corrected chi connectivity index (χ0v) is 18.3. The van der Waals surface area contributed by atoms with Gasteiger partial charge in [-0.2, -0.15) is 13.2 Å². The van der Waals surface area contributed by atoms with Crippen molar-refractivity contribution in [1.29, 1.82) is 0 Å². The second-order valence-electron chi connectivity index (χ2n) is 7.90. The van der Waals surface area contributed by atoms with Crippen LogP contribution in [-0.4, -0.2) is 41.9 Å². The van der Waals surface area contributed by atoms with Crippen molar-refractivity contribution in [2.75, 3.05) is 18.6 Å². The molecule has 1 N–H and O–H groups in total. The molecule has 34 heavy (non-hydrogen) atoms. The van der Waals surface area contributed by atoms with Crippen molar-refractivity contribution in [1.82, 2.24) is 4.98 Å². The summed E-state index contributed by atoms with van der Waals surface area (Å²) < 4.78 is 54.3. The summed E-state index contributed by atoms with van der Waals surface area (Å²) in [4.78, 5) is 18.9. The van der Waals surface area contributed by atoms with E-state index in [-0.39, 0.29) is 19.0 Å². The maximum Gasteiger partial charge on any atom is 0.424 e. The van der Waals surface area contributed by atoms with E-state index < -0.39 is 29.4 Å². The highest BCUT2D eigenvalue weighted by molar-refractivity contribution is 5.98. The minimum Gasteiger partial charge on any atom is -0.497 e. The van der Waals surface area contributed by atoms with Gasteiger partial charge in [-0.25, -0.2) is 4.98 Å². The Morgan fingerprint density at radius 3 is 2.44 bits per heavy atom. The van der Waals surface area contributed by atoms with Crippen LogP contribution in [0.2, 0.25) is 0 Å². The second kappa shape index (κ2) is 9.44. The van der Waals surface area contributed by atoms with Crippen LogP contribution in [0.3, 0.4) is 0 Å². The minimum atomic E-state index is -5.23. The molecule has 2 aromatic carbocycles. The molecule has 1 amide bonds. The maximum absolute atomic E-state index is 14.5. The molecule has 6 nitrogen and oxygen atoms in total. The Bertz CT molecular complexity index is 1140. The molecule has 1 aromatic heterocycles. The number of carbonyl (C=O) groups excluding carboxylic acids is 1. The van der Waals surface area contributed by atoms with E-state index in [1.54, 1.807) is 42.5 Å². The number of halogens is 3. The van der Waals surface area contributed by atoms with E-state index in [0.29, 0.717) is 17.7 Å². The topological polar surface area (TPSA) is 71.9 Å². The molecule has 1 aliphatic rings. The zero-order valence-electron chi connectivity index (χ0n) is 18.3. The van der Waals surface area contributed by atoms with Gasteiger partial charge in [0, 0.05) is 12.7 Å². The second-order valence-corrected chi connectivity index (χ2v) is 7.90. The number of anilines is 1. The smallest absolute Gasteiger partial charge is 0.424 e. The minimum absolute atomic E-state index is 0.132. The van der Waals surface area contributed by atoms with E-state index in [2.05, 4.69) is 4.98 Å². The van der Waals surface area contributed by atoms with Crippen molar-refractivity contribution in [2.24, 2.45) is 0 Å². The predicted molar refractivity (Wildman–Crippen MR) is 118 cm³/mol. The Labute approximate surface area is 194 Å². The number of hydrogen-bond acceptors (Lipinski definition) is 5. The third kappa shape index (κ3) is 4.36. The van der Waals surface area contributed by atoms with Gasteiger partial charge in [0.15, 0.2) is 6.10 Å². The van der Waals surface area contributed by atoms with Gasteiger partial charge in [0.25, 0.3) is 5.91 Å². The van der Waals surface area contributed by atoms with E-state index in [0.717, 1.165) is 22.6 Å². The molecular weight excluding hydrogens is 449 g/mol. The quantitative estimate of drug-likeness (QED) is 0.563. The summed E-state index contributed by atoms with van der Waals surface area (Å²) in [5.41, 5.74) is -2.87. The third-order valence-corrected chi connectivity index (χ3v) is 5.82. The lowest BCUT2D eigenvalue weighted by atomic mass is 9.86. The summed E-state index contributed by atoms with van der Waals surface area (Å²) >= 11 is 0. The van der Waals surface area contributed by atoms with Crippen LogP contribution >= 0.6 is 0 Å². The molecule has 4 rings (SSSR count). The fourth-order valence-corrected chi connectivity index (χ4v) is 4.00. The monoisotopic (exact) mass is 472 g/mol. The average molecular weight is 472 g/mol. The van der Waals surface area contributed by atoms with Crippen LogP contribution in [0.15, 0.2) is 72.9 Å². The third-order valence-electron chi connectivity index (χ3n) is 5.82. The van der Waals surface area contributed by atoms with Gasteiger partial charge in [-0.3, -0.25) is 9.69 Å². The lowest BCUT2D eigenvalue weighted by Gasteiger charge is -2.38. The number of aliphatic hydroxyl groups is 1. The van der Waals surface area contributed by atoms with Crippen molar-refractivity contribution in [3.8, 4) is 5.75 Å². The first-order valence-electron chi connectivity index (χ1n) is 10.6. The largest absolute Gasteiger partial charge is 0.497 e. The summed E-state index contributed by atoms with van der Waals surface area (Å²) in [5.74, 6) is -0.455. The number of alkyl halides is 3. The van der Waals surface area contributed by atoms with Gasteiger partial charge in [-0.15, -0.1) is 0 Å². The molecule has 3 aromatic rings. The van der Waals surface area contributed by atoms with Crippen molar-refractivity contribution >= 4 is 11.7 Å². The number of rotatable bonds is 7. The molecular formula is C25H23F3N2O4. The Morgan fingerprint density at radius 1 is 1.09 bits per heavy atom. The van der Waals surface area contributed by atoms with Crippen LogP contribution in [0.1, 0.15) is 16.7 Å². The standard InChI is InChI=1S/C25H23F3N2O4/c1-33-20-11-9-19(10-12-20)24(32,25(26,27)28)21(34-16-17-6-3-2-4-7-17)23(31)30-15-13-18-8-5-14-29-22(18)30/h2-12,14,21,32H,13,15-16H2,1H3/t21-,24?/m0/s1. The lowest BCUT2D eigenvalue weighted by molar-refractivity contribution is -0.299. The van der Waals surface area contributed by atoms with Crippen LogP contribution in [0.25, 0.3) is 0 Å². The highest BCUT2D eigenvalue weighted by atomic mass is 19.4. The maximum atomic E-state index is 14.5. The highest BCUT2D eigenvalue weighted by Gasteiger charge is 2.63. The molecule has 0 saturated heterocycles. The summed E-state index contributed by atoms with van der Waals surface area (Å²) in [6, 6.07) is 16.7. The molecule has 0 spiro atoms. The highest BCUT2D eigenvalue weighted by Crippen LogP contribution is 2.44. The summed E-state index contributed by atoms with van der Waals surface area (Å²) in [6.07, 6.45) is -5.61. The SMILES string of the molecule is COc1ccc(C(O)([C@@H](OCc2ccccc2)C(=O)N2CCc3cccnc32)C(F)(F)F)cc1. The normalized spacial score (nSPS) is 16.0. The number of benzene rings is 2. The molecule has 9 heteroatoms. The number of methoxy groups -OCH3 is 1. The number of pyridine rings is 1. The van der Waals surface area contributed by atoms with Crippen molar-refractivity contribution in [3.63, 3.8) is 0 Å². The number of ether oxygens (including phenoxy) is 2. The Morgan fingerprint density at radius 2 is 1.79 bits per heavy atom. The fourth-order valence-electron chi connectivity index (χ4n) is 4.00. The first kappa shape index (κ1) is 23.7. The van der Waals surface area contributed by atoms with Crippen LogP contribution in [0.4, 0.5) is 19.0 Å². The fraction of sp³-hybridized carbons (Fsp3) is 0.280. The van der Waals surface area contributed by atoms with Crippen LogP contribution in [-0.2, 0) is 28.2 Å². The number of nitrogens with zero attached hydrogens (tertiary/aromatic N) is 2. The van der Waals surface area contributed by atoms with Crippen molar-refractivity contribution in [3.05, 3.63) is 89.6 Å². The number of hydrogen-bond donors (Lipinski definition) is 1. The summed E-state index contributed by atoms with van der Waals surface area (Å²) in [6.45, 7) is -0.179. The first-order valence-corrected chi connectivity index (χ1v) is 10.6. The first-order chi connectivity index (χ1) is 16.3. The zero-order chi connectivity index (χ0) is 24.3. The number of carbonyl (C=O) groups is 1. The number of aromatic nitrogens is 1. The van der Waals surface area contributed by atoms with Crippen LogP contribution in [0, 0.1) is 0 Å². The van der Waals surface area contributed by atoms with Crippen molar-refractivity contribution < 1.29 is 32.5 Å². The van der Waals surface area contributed by atoms with Gasteiger partial charge in [-0.1, -0.05) is 48.5 Å². The molecule has 0 aliphatic carbocycles. The number of amides is 1. The van der Waals surface area contributed by atoms with Gasteiger partial charge >= 0.3 is 6.18 Å². The van der Waals surface area contributed by atoms with Gasteiger partial charge in [0.2, 0.25) is 5.60 Å². The van der Waals surface area contributed by atoms with Gasteiger partial charge < -0.3 is 14.6 Å². The van der Waals surface area contributed by atoms with E-state index in [4.69, 9.17) is 9.47 Å². The van der Waals surface area contributed by atoms with Gasteiger partial charge in [0.05, 0.1) is 13.7 Å². The molecule has 0 radical (unpaired) electrons. The lowest BCUT2D eigenvalue weighted by Crippen LogP contribution is -2.59. The molecule has 178 valence electrons. The molecule has 0 saturated carbocycles. The molecule has 2 atom stereocenters. The Kier molecular flexibility index (Phi) is 6.58. The van der Waals surface area contributed by atoms with Crippen LogP contribution < -0.4 is 9.64 Å². The molecule has 0 bridgehead atoms.